The van der Waals surface area contributed by atoms with Gasteiger partial charge in [0.05, 0.1) is 16.1 Å². The predicted molar refractivity (Wildman–Crippen MR) is 160 cm³/mol. The van der Waals surface area contributed by atoms with Crippen molar-refractivity contribution in [2.45, 2.75) is 44.4 Å². The number of carbonyl (C=O) groups excluding carboxylic acids is 2. The van der Waals surface area contributed by atoms with Crippen molar-refractivity contribution in [3.63, 3.8) is 0 Å². The number of aryl methyl sites for hydroxylation is 1. The number of ketones is 1. The van der Waals surface area contributed by atoms with E-state index in [1.807, 2.05) is 59.7 Å². The molecule has 0 spiro atoms. The highest BCUT2D eigenvalue weighted by atomic mass is 32.1. The smallest absolute Gasteiger partial charge is 0.321 e. The largest absolute Gasteiger partial charge is 0.345 e. The van der Waals surface area contributed by atoms with Crippen molar-refractivity contribution in [2.75, 3.05) is 36.4 Å². The van der Waals surface area contributed by atoms with E-state index in [0.717, 1.165) is 58.7 Å². The summed E-state index contributed by atoms with van der Waals surface area (Å²) < 4.78 is 4.84. The first kappa shape index (κ1) is 26.6. The van der Waals surface area contributed by atoms with Crippen LogP contribution < -0.4 is 10.2 Å². The Labute approximate surface area is 242 Å². The Kier molecular flexibility index (Phi) is 7.62. The van der Waals surface area contributed by atoms with E-state index < -0.39 is 0 Å². The number of amides is 2. The van der Waals surface area contributed by atoms with Crippen LogP contribution in [0, 0.1) is 6.92 Å². The fraction of sp³-hybridized carbons (Fsp3) is 0.367. The van der Waals surface area contributed by atoms with E-state index in [4.69, 9.17) is 9.36 Å². The van der Waals surface area contributed by atoms with Crippen LogP contribution in [0.2, 0.25) is 0 Å². The van der Waals surface area contributed by atoms with Crippen LogP contribution in [0.4, 0.5) is 15.6 Å². The maximum absolute atomic E-state index is 13.2. The Morgan fingerprint density at radius 3 is 2.58 bits per heavy atom. The maximum atomic E-state index is 13.2. The van der Waals surface area contributed by atoms with Gasteiger partial charge in [0.25, 0.3) is 0 Å². The second-order valence-electron chi connectivity index (χ2n) is 10.5. The molecule has 206 valence electrons. The lowest BCUT2D eigenvalue weighted by Crippen LogP contribution is -2.38. The molecule has 8 nitrogen and oxygen atoms in total. The monoisotopic (exact) mass is 572 g/mol. The van der Waals surface area contributed by atoms with E-state index in [0.29, 0.717) is 38.3 Å². The van der Waals surface area contributed by atoms with Crippen molar-refractivity contribution >= 4 is 45.5 Å². The van der Waals surface area contributed by atoms with Crippen molar-refractivity contribution in [3.05, 3.63) is 76.4 Å². The molecule has 10 heteroatoms. The van der Waals surface area contributed by atoms with Crippen LogP contribution in [0.15, 0.2) is 60.0 Å². The SMILES string of the molecule is Cc1nc(-c2cccc(NC(=O)N3CCCN(c4nc(C5(c6ccccc6)CCC(=O)CC5)ns4)CC3)c2)cs1. The number of thiazole rings is 1. The fourth-order valence-electron chi connectivity index (χ4n) is 5.66. The van der Waals surface area contributed by atoms with E-state index in [1.54, 1.807) is 11.3 Å². The molecule has 1 aliphatic heterocycles. The molecule has 2 aromatic heterocycles. The lowest BCUT2D eigenvalue weighted by molar-refractivity contribution is -0.121. The van der Waals surface area contributed by atoms with Gasteiger partial charge >= 0.3 is 6.03 Å². The molecule has 0 bridgehead atoms. The molecule has 2 aromatic carbocycles. The summed E-state index contributed by atoms with van der Waals surface area (Å²) in [6.07, 6.45) is 3.44. The lowest BCUT2D eigenvalue weighted by atomic mass is 9.68. The van der Waals surface area contributed by atoms with Gasteiger partial charge in [-0.1, -0.05) is 42.5 Å². The van der Waals surface area contributed by atoms with Crippen LogP contribution in [0.25, 0.3) is 11.3 Å². The van der Waals surface area contributed by atoms with Gasteiger partial charge in [-0.2, -0.15) is 4.37 Å². The first-order chi connectivity index (χ1) is 19.5. The van der Waals surface area contributed by atoms with Gasteiger partial charge in [-0.15, -0.1) is 11.3 Å². The minimum Gasteiger partial charge on any atom is -0.345 e. The molecule has 0 unspecified atom stereocenters. The fourth-order valence-corrected chi connectivity index (χ4v) is 7.09. The quantitative estimate of drug-likeness (QED) is 0.309. The van der Waals surface area contributed by atoms with Crippen LogP contribution in [0.5, 0.6) is 0 Å². The summed E-state index contributed by atoms with van der Waals surface area (Å²) in [5.74, 6) is 1.14. The van der Waals surface area contributed by atoms with E-state index >= 15 is 0 Å². The topological polar surface area (TPSA) is 91.3 Å². The van der Waals surface area contributed by atoms with Crippen molar-refractivity contribution in [1.29, 1.82) is 0 Å². The van der Waals surface area contributed by atoms with Gasteiger partial charge in [0, 0.05) is 67.2 Å². The van der Waals surface area contributed by atoms with Gasteiger partial charge in [0.15, 0.2) is 5.82 Å². The molecule has 1 saturated heterocycles. The molecule has 1 N–H and O–H groups in total. The van der Waals surface area contributed by atoms with Crippen LogP contribution >= 0.6 is 22.9 Å². The van der Waals surface area contributed by atoms with Gasteiger partial charge < -0.3 is 15.1 Å². The molecule has 2 aliphatic rings. The molecule has 1 aliphatic carbocycles. The molecular weight excluding hydrogens is 541 g/mol. The molecular formula is C30H32N6O2S2. The normalized spacial score (nSPS) is 17.5. The number of anilines is 2. The van der Waals surface area contributed by atoms with Crippen molar-refractivity contribution < 1.29 is 9.59 Å². The highest BCUT2D eigenvalue weighted by Crippen LogP contribution is 2.43. The summed E-state index contributed by atoms with van der Waals surface area (Å²) in [7, 11) is 0. The average Bonchev–Trinajstić information content (AvgIpc) is 3.58. The number of nitrogens with one attached hydrogen (secondary N) is 1. The standard InChI is InChI=1S/C30H32N6O2S2/c1-21-31-26(20-39-21)22-7-5-10-24(19-22)32-28(38)35-15-6-16-36(18-17-35)29-33-27(34-40-29)30(13-11-25(37)12-14-30)23-8-3-2-4-9-23/h2-5,7-10,19-20H,6,11-18H2,1H3,(H,32,38). The molecule has 2 amide bonds. The summed E-state index contributed by atoms with van der Waals surface area (Å²) in [6.45, 7) is 4.77. The number of Topliss-reactive ketones (excluding diaryl/α,β-unsaturated/α-hetero) is 1. The molecule has 3 heterocycles. The highest BCUT2D eigenvalue weighted by molar-refractivity contribution is 7.10. The zero-order valence-electron chi connectivity index (χ0n) is 22.5. The summed E-state index contributed by atoms with van der Waals surface area (Å²) in [6, 6.07) is 18.1. The Bertz CT molecular complexity index is 1490. The second-order valence-corrected chi connectivity index (χ2v) is 12.3. The summed E-state index contributed by atoms with van der Waals surface area (Å²) in [5.41, 5.74) is 3.54. The van der Waals surface area contributed by atoms with E-state index in [-0.39, 0.29) is 11.4 Å². The van der Waals surface area contributed by atoms with Gasteiger partial charge in [-0.3, -0.25) is 4.79 Å². The second kappa shape index (κ2) is 11.5. The number of carbonyl (C=O) groups is 2. The average molecular weight is 573 g/mol. The van der Waals surface area contributed by atoms with E-state index in [1.165, 1.54) is 17.1 Å². The van der Waals surface area contributed by atoms with Crippen LogP contribution in [-0.2, 0) is 10.2 Å². The number of hydrogen-bond donors (Lipinski definition) is 1. The van der Waals surface area contributed by atoms with Gasteiger partial charge in [-0.25, -0.2) is 14.8 Å². The molecule has 1 saturated carbocycles. The number of benzene rings is 2. The van der Waals surface area contributed by atoms with Crippen molar-refractivity contribution in [2.24, 2.45) is 0 Å². The Morgan fingerprint density at radius 2 is 1.80 bits per heavy atom. The molecule has 2 fully saturated rings. The number of hydrogen-bond acceptors (Lipinski definition) is 8. The number of urea groups is 1. The van der Waals surface area contributed by atoms with E-state index in [2.05, 4.69) is 27.3 Å². The third-order valence-electron chi connectivity index (χ3n) is 7.91. The lowest BCUT2D eigenvalue weighted by Gasteiger charge is -2.35. The zero-order valence-corrected chi connectivity index (χ0v) is 24.1. The molecule has 40 heavy (non-hydrogen) atoms. The highest BCUT2D eigenvalue weighted by Gasteiger charge is 2.41. The first-order valence-electron chi connectivity index (χ1n) is 13.7. The Morgan fingerprint density at radius 1 is 0.975 bits per heavy atom. The molecule has 0 radical (unpaired) electrons. The van der Waals surface area contributed by atoms with E-state index in [9.17, 15) is 9.59 Å². The van der Waals surface area contributed by atoms with Crippen LogP contribution in [0.1, 0.15) is 48.5 Å². The maximum Gasteiger partial charge on any atom is 0.321 e. The Balaban J connectivity index is 1.13. The number of rotatable bonds is 5. The van der Waals surface area contributed by atoms with Gasteiger partial charge in [0.1, 0.15) is 5.78 Å². The van der Waals surface area contributed by atoms with Crippen LogP contribution in [-0.4, -0.2) is 57.2 Å². The van der Waals surface area contributed by atoms with Crippen molar-refractivity contribution in [1.82, 2.24) is 19.2 Å². The van der Waals surface area contributed by atoms with Gasteiger partial charge in [0.2, 0.25) is 5.13 Å². The predicted octanol–water partition coefficient (Wildman–Crippen LogP) is 6.14. The Hall–Kier alpha value is -3.63. The molecule has 4 aromatic rings. The van der Waals surface area contributed by atoms with Crippen molar-refractivity contribution in [3.8, 4) is 11.3 Å². The number of nitrogens with zero attached hydrogens (tertiary/aromatic N) is 5. The minimum absolute atomic E-state index is 0.0960. The number of aromatic nitrogens is 3. The third-order valence-corrected chi connectivity index (χ3v) is 9.46. The first-order valence-corrected chi connectivity index (χ1v) is 15.4. The van der Waals surface area contributed by atoms with Gasteiger partial charge in [-0.05, 0) is 43.9 Å². The summed E-state index contributed by atoms with van der Waals surface area (Å²) in [5, 5.41) is 7.02. The molecule has 0 atom stereocenters. The third kappa shape index (κ3) is 5.51. The minimum atomic E-state index is -0.326. The van der Waals surface area contributed by atoms with Crippen LogP contribution in [0.3, 0.4) is 0 Å². The summed E-state index contributed by atoms with van der Waals surface area (Å²) >= 11 is 3.04. The molecule has 6 rings (SSSR count). The zero-order chi connectivity index (χ0) is 27.5. The summed E-state index contributed by atoms with van der Waals surface area (Å²) in [4.78, 5) is 39.0.